The molecule has 0 radical (unpaired) electrons. The summed E-state index contributed by atoms with van der Waals surface area (Å²) in [6.07, 6.45) is -0.841. The molecule has 0 fully saturated rings. The molecule has 5 rings (SSSR count). The lowest BCUT2D eigenvalue weighted by Gasteiger charge is -2.13. The van der Waals surface area contributed by atoms with Crippen LogP contribution in [0.5, 0.6) is 5.75 Å². The van der Waals surface area contributed by atoms with Gasteiger partial charge >= 0.3 is 5.97 Å². The lowest BCUT2D eigenvalue weighted by molar-refractivity contribution is 0.0272. The fourth-order valence-corrected chi connectivity index (χ4v) is 3.77. The molecule has 0 amide bonds. The number of hydrogen-bond acceptors (Lipinski definition) is 8. The van der Waals surface area contributed by atoms with Gasteiger partial charge in [0.2, 0.25) is 5.89 Å². The lowest BCUT2D eigenvalue weighted by Crippen LogP contribution is -2.27. The van der Waals surface area contributed by atoms with Crippen molar-refractivity contribution in [1.82, 2.24) is 20.0 Å². The number of hydrogen-bond donors (Lipinski definition) is 0. The van der Waals surface area contributed by atoms with Crippen molar-refractivity contribution in [2.75, 3.05) is 7.11 Å². The van der Waals surface area contributed by atoms with Gasteiger partial charge in [-0.15, -0.1) is 10.2 Å². The highest BCUT2D eigenvalue weighted by Crippen LogP contribution is 2.25. The summed E-state index contributed by atoms with van der Waals surface area (Å²) in [4.78, 5) is 26.2. The smallest absolute Gasteiger partial charge is 0.360 e. The number of benzene rings is 3. The SMILES string of the molecule is COc1ccc(-c2nnc([C@H](C)OC(=O)c3nn(Cc4ccccc4)c(=O)c4ccccc34)o2)cc1. The van der Waals surface area contributed by atoms with Crippen LogP contribution in [0, 0.1) is 0 Å². The van der Waals surface area contributed by atoms with E-state index < -0.39 is 12.1 Å². The van der Waals surface area contributed by atoms with Crippen molar-refractivity contribution in [3.05, 3.63) is 106 Å². The third-order valence-corrected chi connectivity index (χ3v) is 5.65. The van der Waals surface area contributed by atoms with E-state index in [-0.39, 0.29) is 29.6 Å². The summed E-state index contributed by atoms with van der Waals surface area (Å²) >= 11 is 0. The fourth-order valence-electron chi connectivity index (χ4n) is 3.77. The Hall–Kier alpha value is -4.79. The minimum absolute atomic E-state index is 0.0304. The molecule has 2 heterocycles. The molecule has 0 spiro atoms. The monoisotopic (exact) mass is 482 g/mol. The zero-order valence-corrected chi connectivity index (χ0v) is 19.6. The quantitative estimate of drug-likeness (QED) is 0.314. The van der Waals surface area contributed by atoms with Gasteiger partial charge in [-0.2, -0.15) is 5.10 Å². The number of ether oxygens (including phenoxy) is 2. The second-order valence-electron chi connectivity index (χ2n) is 8.06. The molecule has 0 N–H and O–H groups in total. The van der Waals surface area contributed by atoms with Gasteiger partial charge in [-0.1, -0.05) is 48.5 Å². The van der Waals surface area contributed by atoms with Crippen LogP contribution in [0.25, 0.3) is 22.2 Å². The van der Waals surface area contributed by atoms with Crippen LogP contribution < -0.4 is 10.3 Å². The number of rotatable bonds is 7. The number of methoxy groups -OCH3 is 1. The number of esters is 1. The molecule has 0 aliphatic rings. The van der Waals surface area contributed by atoms with Gasteiger partial charge < -0.3 is 13.9 Å². The van der Waals surface area contributed by atoms with Gasteiger partial charge in [0.1, 0.15) is 5.75 Å². The van der Waals surface area contributed by atoms with Gasteiger partial charge in [0.25, 0.3) is 11.4 Å². The molecule has 3 aromatic carbocycles. The van der Waals surface area contributed by atoms with E-state index in [0.717, 1.165) is 5.56 Å². The van der Waals surface area contributed by atoms with Crippen LogP contribution in [-0.2, 0) is 11.3 Å². The Balaban J connectivity index is 1.42. The highest BCUT2D eigenvalue weighted by Gasteiger charge is 2.24. The third-order valence-electron chi connectivity index (χ3n) is 5.65. The fraction of sp³-hybridized carbons (Fsp3) is 0.148. The standard InChI is InChI=1S/C27H22N4O5/c1-17(24-28-29-25(36-24)19-12-14-20(34-2)15-13-19)35-27(33)23-21-10-6-7-11-22(21)26(32)31(30-23)16-18-8-4-3-5-9-18/h3-15,17H,16H2,1-2H3/t17-/m0/s1. The Morgan fingerprint density at radius 3 is 2.36 bits per heavy atom. The van der Waals surface area contributed by atoms with E-state index in [1.165, 1.54) is 4.68 Å². The maximum Gasteiger partial charge on any atom is 0.360 e. The molecule has 180 valence electrons. The summed E-state index contributed by atoms with van der Waals surface area (Å²) in [6.45, 7) is 1.85. The van der Waals surface area contributed by atoms with Crippen LogP contribution in [0.2, 0.25) is 0 Å². The van der Waals surface area contributed by atoms with Crippen molar-refractivity contribution in [1.29, 1.82) is 0 Å². The maximum atomic E-state index is 13.2. The van der Waals surface area contributed by atoms with Crippen molar-refractivity contribution < 1.29 is 18.7 Å². The summed E-state index contributed by atoms with van der Waals surface area (Å²) < 4.78 is 17.8. The minimum Gasteiger partial charge on any atom is -0.497 e. The summed E-state index contributed by atoms with van der Waals surface area (Å²) in [5.74, 6) is 0.422. The van der Waals surface area contributed by atoms with Crippen molar-refractivity contribution in [3.63, 3.8) is 0 Å². The molecule has 0 saturated heterocycles. The number of nitrogens with zero attached hydrogens (tertiary/aromatic N) is 4. The molecule has 2 aromatic heterocycles. The molecule has 9 heteroatoms. The molecule has 36 heavy (non-hydrogen) atoms. The van der Waals surface area contributed by atoms with E-state index in [2.05, 4.69) is 15.3 Å². The summed E-state index contributed by atoms with van der Waals surface area (Å²) in [6, 6.07) is 23.4. The van der Waals surface area contributed by atoms with Crippen LogP contribution in [0.1, 0.15) is 35.0 Å². The van der Waals surface area contributed by atoms with Gasteiger partial charge in [-0.3, -0.25) is 4.79 Å². The van der Waals surface area contributed by atoms with E-state index in [9.17, 15) is 9.59 Å². The first-order chi connectivity index (χ1) is 17.5. The molecule has 0 saturated carbocycles. The van der Waals surface area contributed by atoms with Gasteiger partial charge in [-0.05, 0) is 42.8 Å². The molecule has 0 aliphatic carbocycles. The predicted octanol–water partition coefficient (Wildman–Crippen LogP) is 4.42. The largest absolute Gasteiger partial charge is 0.497 e. The zero-order valence-electron chi connectivity index (χ0n) is 19.6. The van der Waals surface area contributed by atoms with E-state index in [1.54, 1.807) is 62.6 Å². The van der Waals surface area contributed by atoms with Gasteiger partial charge in [-0.25, -0.2) is 9.48 Å². The van der Waals surface area contributed by atoms with Gasteiger partial charge in [0.15, 0.2) is 11.8 Å². The topological polar surface area (TPSA) is 109 Å². The Morgan fingerprint density at radius 2 is 1.64 bits per heavy atom. The van der Waals surface area contributed by atoms with Crippen LogP contribution in [0.15, 0.2) is 88.1 Å². The molecule has 0 bridgehead atoms. The average Bonchev–Trinajstić information content (AvgIpc) is 3.41. The highest BCUT2D eigenvalue weighted by molar-refractivity contribution is 6.02. The molecule has 9 nitrogen and oxygen atoms in total. The Morgan fingerprint density at radius 1 is 0.944 bits per heavy atom. The molecular formula is C27H22N4O5. The highest BCUT2D eigenvalue weighted by atomic mass is 16.6. The maximum absolute atomic E-state index is 13.2. The second-order valence-corrected chi connectivity index (χ2v) is 8.06. The molecule has 1 atom stereocenters. The number of aromatic nitrogens is 4. The van der Waals surface area contributed by atoms with E-state index in [0.29, 0.717) is 22.1 Å². The predicted molar refractivity (Wildman–Crippen MR) is 132 cm³/mol. The van der Waals surface area contributed by atoms with Crippen molar-refractivity contribution >= 4 is 16.7 Å². The first-order valence-electron chi connectivity index (χ1n) is 11.3. The number of carbonyl (C=O) groups excluding carboxylic acids is 1. The molecule has 0 aliphatic heterocycles. The van der Waals surface area contributed by atoms with E-state index in [4.69, 9.17) is 13.9 Å². The summed E-state index contributed by atoms with van der Waals surface area (Å²) in [5.41, 5.74) is 1.32. The van der Waals surface area contributed by atoms with Gasteiger partial charge in [0, 0.05) is 10.9 Å². The van der Waals surface area contributed by atoms with Gasteiger partial charge in [0.05, 0.1) is 19.0 Å². The normalized spacial score (nSPS) is 11.8. The number of fused-ring (bicyclic) bond motifs is 1. The van der Waals surface area contributed by atoms with E-state index >= 15 is 0 Å². The van der Waals surface area contributed by atoms with Crippen LogP contribution in [-0.4, -0.2) is 33.1 Å². The lowest BCUT2D eigenvalue weighted by atomic mass is 10.1. The summed E-state index contributed by atoms with van der Waals surface area (Å²) in [7, 11) is 1.58. The van der Waals surface area contributed by atoms with Crippen molar-refractivity contribution in [2.24, 2.45) is 0 Å². The minimum atomic E-state index is -0.841. The summed E-state index contributed by atoms with van der Waals surface area (Å²) in [5, 5.41) is 13.2. The van der Waals surface area contributed by atoms with Crippen molar-refractivity contribution in [2.45, 2.75) is 19.6 Å². The Bertz CT molecular complexity index is 1580. The first-order valence-corrected chi connectivity index (χ1v) is 11.3. The van der Waals surface area contributed by atoms with Crippen LogP contribution >= 0.6 is 0 Å². The van der Waals surface area contributed by atoms with Crippen LogP contribution in [0.3, 0.4) is 0 Å². The third kappa shape index (κ3) is 4.58. The molecule has 0 unspecified atom stereocenters. The second kappa shape index (κ2) is 9.83. The van der Waals surface area contributed by atoms with E-state index in [1.807, 2.05) is 30.3 Å². The average molecular weight is 482 g/mol. The molecule has 5 aromatic rings. The van der Waals surface area contributed by atoms with Crippen molar-refractivity contribution in [3.8, 4) is 17.2 Å². The molecular weight excluding hydrogens is 460 g/mol. The zero-order chi connectivity index (χ0) is 25.1. The Labute approximate surface area is 205 Å². The first kappa shape index (κ1) is 23.0. The van der Waals surface area contributed by atoms with Crippen LogP contribution in [0.4, 0.5) is 0 Å². The number of carbonyl (C=O) groups is 1. The Kier molecular flexibility index (Phi) is 6.27.